The Kier molecular flexibility index (Phi) is 7.22. The highest BCUT2D eigenvalue weighted by molar-refractivity contribution is 7.91. The molecule has 2 N–H and O–H groups in total. The first-order valence-corrected chi connectivity index (χ1v) is 11.7. The number of nitrogens with one attached hydrogen (secondary N) is 2. The molecule has 0 saturated heterocycles. The van der Waals surface area contributed by atoms with Crippen molar-refractivity contribution in [1.82, 2.24) is 0 Å². The summed E-state index contributed by atoms with van der Waals surface area (Å²) in [7, 11) is -3.26. The molecule has 6 nitrogen and oxygen atoms in total. The Morgan fingerprint density at radius 1 is 0.906 bits per heavy atom. The van der Waals surface area contributed by atoms with Gasteiger partial charge >= 0.3 is 0 Å². The number of amides is 2. The highest BCUT2D eigenvalue weighted by Gasteiger charge is 2.12. The van der Waals surface area contributed by atoms with Crippen molar-refractivity contribution in [3.8, 4) is 11.1 Å². The SMILES string of the molecule is C=CC(=O)Nc1ccccc1-c1ccc(NC(=O)Cc2ccc(S(=O)(=O)CC)cc2)cc1. The molecular formula is C25H24N2O4S. The first-order chi connectivity index (χ1) is 15.3. The van der Waals surface area contributed by atoms with Crippen molar-refractivity contribution in [2.45, 2.75) is 18.2 Å². The number of carbonyl (C=O) groups excluding carboxylic acids is 2. The molecule has 0 fully saturated rings. The second-order valence-corrected chi connectivity index (χ2v) is 9.37. The molecule has 0 aliphatic carbocycles. The van der Waals surface area contributed by atoms with Crippen LogP contribution in [0.25, 0.3) is 11.1 Å². The minimum Gasteiger partial charge on any atom is -0.326 e. The van der Waals surface area contributed by atoms with Gasteiger partial charge in [0.15, 0.2) is 9.84 Å². The van der Waals surface area contributed by atoms with Crippen LogP contribution < -0.4 is 10.6 Å². The zero-order valence-electron chi connectivity index (χ0n) is 17.7. The topological polar surface area (TPSA) is 92.3 Å². The van der Waals surface area contributed by atoms with Gasteiger partial charge in [-0.1, -0.05) is 56.0 Å². The van der Waals surface area contributed by atoms with Crippen LogP contribution >= 0.6 is 0 Å². The molecule has 3 aromatic rings. The second-order valence-electron chi connectivity index (χ2n) is 7.09. The van der Waals surface area contributed by atoms with Gasteiger partial charge in [-0.05, 0) is 47.5 Å². The molecule has 0 unspecified atom stereocenters. The minimum atomic E-state index is -3.26. The number of carbonyl (C=O) groups is 2. The maximum absolute atomic E-state index is 12.4. The van der Waals surface area contributed by atoms with E-state index < -0.39 is 9.84 Å². The van der Waals surface area contributed by atoms with Crippen molar-refractivity contribution in [2.75, 3.05) is 16.4 Å². The third-order valence-electron chi connectivity index (χ3n) is 4.88. The van der Waals surface area contributed by atoms with E-state index >= 15 is 0 Å². The largest absolute Gasteiger partial charge is 0.326 e. The summed E-state index contributed by atoms with van der Waals surface area (Å²) >= 11 is 0. The van der Waals surface area contributed by atoms with Crippen molar-refractivity contribution in [3.05, 3.63) is 91.0 Å². The summed E-state index contributed by atoms with van der Waals surface area (Å²) in [6, 6.07) is 21.1. The standard InChI is InChI=1S/C25H24N2O4S/c1-3-24(28)27-23-8-6-5-7-22(23)19-11-13-20(14-12-19)26-25(29)17-18-9-15-21(16-10-18)32(30,31)4-2/h3,5-16H,1,4,17H2,2H3,(H,26,29)(H,27,28). The monoisotopic (exact) mass is 448 g/mol. The maximum Gasteiger partial charge on any atom is 0.247 e. The predicted octanol–water partition coefficient (Wildman–Crippen LogP) is 4.45. The molecular weight excluding hydrogens is 424 g/mol. The van der Waals surface area contributed by atoms with Crippen LogP contribution in [0.2, 0.25) is 0 Å². The van der Waals surface area contributed by atoms with Crippen molar-refractivity contribution in [1.29, 1.82) is 0 Å². The first-order valence-electron chi connectivity index (χ1n) is 10.1. The number of hydrogen-bond acceptors (Lipinski definition) is 4. The van der Waals surface area contributed by atoms with E-state index in [0.717, 1.165) is 16.7 Å². The van der Waals surface area contributed by atoms with Crippen molar-refractivity contribution in [3.63, 3.8) is 0 Å². The maximum atomic E-state index is 12.4. The van der Waals surface area contributed by atoms with Gasteiger partial charge in [-0.25, -0.2) is 8.42 Å². The van der Waals surface area contributed by atoms with Gasteiger partial charge < -0.3 is 10.6 Å². The first kappa shape index (κ1) is 23.0. The van der Waals surface area contributed by atoms with Gasteiger partial charge in [-0.2, -0.15) is 0 Å². The highest BCUT2D eigenvalue weighted by Crippen LogP contribution is 2.29. The molecule has 2 amide bonds. The predicted molar refractivity (Wildman–Crippen MR) is 127 cm³/mol. The second kappa shape index (κ2) is 10.1. The van der Waals surface area contributed by atoms with Crippen LogP contribution in [0.3, 0.4) is 0 Å². The van der Waals surface area contributed by atoms with Crippen LogP contribution in [0.5, 0.6) is 0 Å². The van der Waals surface area contributed by atoms with Crippen LogP contribution in [0.15, 0.2) is 90.3 Å². The summed E-state index contributed by atoms with van der Waals surface area (Å²) in [6.45, 7) is 5.06. The Morgan fingerprint density at radius 3 is 2.19 bits per heavy atom. The third kappa shape index (κ3) is 5.70. The highest BCUT2D eigenvalue weighted by atomic mass is 32.2. The summed E-state index contributed by atoms with van der Waals surface area (Å²) in [5.41, 5.74) is 3.76. The normalized spacial score (nSPS) is 10.9. The molecule has 0 saturated carbocycles. The molecule has 0 atom stereocenters. The minimum absolute atomic E-state index is 0.0356. The van der Waals surface area contributed by atoms with Crippen molar-refractivity contribution in [2.24, 2.45) is 0 Å². The van der Waals surface area contributed by atoms with Gasteiger partial charge in [0.1, 0.15) is 0 Å². The fourth-order valence-corrected chi connectivity index (χ4v) is 4.02. The molecule has 164 valence electrons. The summed E-state index contributed by atoms with van der Waals surface area (Å²) in [4.78, 5) is 24.3. The molecule has 0 spiro atoms. The van der Waals surface area contributed by atoms with Crippen LogP contribution in [-0.2, 0) is 25.8 Å². The molecule has 0 radical (unpaired) electrons. The van der Waals surface area contributed by atoms with E-state index in [-0.39, 0.29) is 28.9 Å². The van der Waals surface area contributed by atoms with Crippen molar-refractivity contribution < 1.29 is 18.0 Å². The quantitative estimate of drug-likeness (QED) is 0.498. The van der Waals surface area contributed by atoms with E-state index in [4.69, 9.17) is 0 Å². The van der Waals surface area contributed by atoms with Gasteiger partial charge in [-0.3, -0.25) is 9.59 Å². The van der Waals surface area contributed by atoms with Crippen LogP contribution in [0.4, 0.5) is 11.4 Å². The Labute approximate surface area is 187 Å². The lowest BCUT2D eigenvalue weighted by Gasteiger charge is -2.11. The van der Waals surface area contributed by atoms with E-state index in [1.165, 1.54) is 18.2 Å². The average Bonchev–Trinajstić information content (AvgIpc) is 2.80. The van der Waals surface area contributed by atoms with Crippen LogP contribution in [0, 0.1) is 0 Å². The third-order valence-corrected chi connectivity index (χ3v) is 6.63. The molecule has 7 heteroatoms. The Hall–Kier alpha value is -3.71. The van der Waals surface area contributed by atoms with E-state index in [1.54, 1.807) is 31.2 Å². The summed E-state index contributed by atoms with van der Waals surface area (Å²) < 4.78 is 23.8. The Morgan fingerprint density at radius 2 is 1.56 bits per heavy atom. The summed E-state index contributed by atoms with van der Waals surface area (Å²) in [5.74, 6) is -0.461. The smallest absolute Gasteiger partial charge is 0.247 e. The van der Waals surface area contributed by atoms with E-state index in [1.807, 2.05) is 36.4 Å². The lowest BCUT2D eigenvalue weighted by Crippen LogP contribution is -2.14. The summed E-state index contributed by atoms with van der Waals surface area (Å²) in [6.07, 6.45) is 1.34. The zero-order valence-corrected chi connectivity index (χ0v) is 18.5. The molecule has 0 aliphatic rings. The number of rotatable bonds is 8. The number of hydrogen-bond donors (Lipinski definition) is 2. The number of benzene rings is 3. The molecule has 32 heavy (non-hydrogen) atoms. The molecule has 0 heterocycles. The molecule has 0 aromatic heterocycles. The lowest BCUT2D eigenvalue weighted by atomic mass is 10.0. The molecule has 3 aromatic carbocycles. The van der Waals surface area contributed by atoms with E-state index in [2.05, 4.69) is 17.2 Å². The number of para-hydroxylation sites is 1. The van der Waals surface area contributed by atoms with Gasteiger partial charge in [0.25, 0.3) is 0 Å². The number of sulfone groups is 1. The Balaban J connectivity index is 1.67. The van der Waals surface area contributed by atoms with Gasteiger partial charge in [0.2, 0.25) is 11.8 Å². The fraction of sp³-hybridized carbons (Fsp3) is 0.120. The van der Waals surface area contributed by atoms with Crippen molar-refractivity contribution >= 4 is 33.0 Å². The van der Waals surface area contributed by atoms with Gasteiger partial charge in [0, 0.05) is 16.9 Å². The fourth-order valence-electron chi connectivity index (χ4n) is 3.13. The lowest BCUT2D eigenvalue weighted by molar-refractivity contribution is -0.115. The zero-order chi connectivity index (χ0) is 23.1. The van der Waals surface area contributed by atoms with Gasteiger partial charge in [0.05, 0.1) is 17.1 Å². The van der Waals surface area contributed by atoms with Crippen LogP contribution in [0.1, 0.15) is 12.5 Å². The Bertz CT molecular complexity index is 1230. The van der Waals surface area contributed by atoms with Crippen LogP contribution in [-0.4, -0.2) is 26.0 Å². The van der Waals surface area contributed by atoms with E-state index in [0.29, 0.717) is 11.4 Å². The molecule has 0 bridgehead atoms. The number of anilines is 2. The average molecular weight is 449 g/mol. The molecule has 0 aliphatic heterocycles. The van der Waals surface area contributed by atoms with E-state index in [9.17, 15) is 18.0 Å². The summed E-state index contributed by atoms with van der Waals surface area (Å²) in [5, 5.41) is 5.63. The van der Waals surface area contributed by atoms with Gasteiger partial charge in [-0.15, -0.1) is 0 Å². The molecule has 3 rings (SSSR count).